The average Bonchev–Trinajstić information content (AvgIpc) is 2.30. The molecule has 17 heavy (non-hydrogen) atoms. The van der Waals surface area contributed by atoms with Gasteiger partial charge in [0.25, 0.3) is 0 Å². The Morgan fingerprint density at radius 2 is 2.00 bits per heavy atom. The van der Waals surface area contributed by atoms with Crippen LogP contribution in [0, 0.1) is 0 Å². The third-order valence-electron chi connectivity index (χ3n) is 2.92. The summed E-state index contributed by atoms with van der Waals surface area (Å²) in [4.78, 5) is 11.1. The minimum absolute atomic E-state index is 0. The van der Waals surface area contributed by atoms with Gasteiger partial charge in [-0.05, 0) is 19.3 Å². The number of rotatable bonds is 7. The van der Waals surface area contributed by atoms with E-state index in [1.54, 1.807) is 0 Å². The van der Waals surface area contributed by atoms with Crippen molar-refractivity contribution >= 4 is 18.3 Å². The van der Waals surface area contributed by atoms with E-state index in [0.717, 1.165) is 13.0 Å². The standard InChI is InChI=1S/C12H24N2O2.ClH/c13-8-7-12(15)14-9-4-10-16-11-5-2-1-3-6-11;/h11H,1-10,13H2,(H,14,15);1H. The van der Waals surface area contributed by atoms with Crippen molar-refractivity contribution in [1.29, 1.82) is 0 Å². The normalized spacial score (nSPS) is 16.3. The lowest BCUT2D eigenvalue weighted by atomic mass is 9.98. The van der Waals surface area contributed by atoms with Crippen LogP contribution in [-0.2, 0) is 9.53 Å². The van der Waals surface area contributed by atoms with Crippen molar-refractivity contribution in [1.82, 2.24) is 5.32 Å². The van der Waals surface area contributed by atoms with E-state index in [9.17, 15) is 4.79 Å². The number of nitrogens with one attached hydrogen (secondary N) is 1. The quantitative estimate of drug-likeness (QED) is 0.687. The first-order valence-corrected chi connectivity index (χ1v) is 6.41. The predicted octanol–water partition coefficient (Wildman–Crippen LogP) is 1.61. The summed E-state index contributed by atoms with van der Waals surface area (Å²) in [6, 6.07) is 0. The molecule has 102 valence electrons. The van der Waals surface area contributed by atoms with Gasteiger partial charge in [0.1, 0.15) is 0 Å². The maximum Gasteiger partial charge on any atom is 0.221 e. The highest BCUT2D eigenvalue weighted by Gasteiger charge is 2.12. The molecule has 4 nitrogen and oxygen atoms in total. The van der Waals surface area contributed by atoms with Crippen LogP contribution in [0.4, 0.5) is 0 Å². The predicted molar refractivity (Wildman–Crippen MR) is 71.4 cm³/mol. The zero-order valence-corrected chi connectivity index (χ0v) is 11.3. The summed E-state index contributed by atoms with van der Waals surface area (Å²) in [7, 11) is 0. The summed E-state index contributed by atoms with van der Waals surface area (Å²) in [6.07, 6.45) is 8.16. The maximum atomic E-state index is 11.1. The van der Waals surface area contributed by atoms with E-state index in [4.69, 9.17) is 10.5 Å². The van der Waals surface area contributed by atoms with E-state index in [1.807, 2.05) is 0 Å². The Labute approximate surface area is 110 Å². The van der Waals surface area contributed by atoms with E-state index in [0.29, 0.717) is 25.6 Å². The minimum Gasteiger partial charge on any atom is -0.378 e. The Kier molecular flexibility index (Phi) is 10.6. The highest BCUT2D eigenvalue weighted by molar-refractivity contribution is 5.85. The van der Waals surface area contributed by atoms with Gasteiger partial charge in [-0.15, -0.1) is 12.4 Å². The van der Waals surface area contributed by atoms with E-state index in [1.165, 1.54) is 32.1 Å². The smallest absolute Gasteiger partial charge is 0.221 e. The second kappa shape index (κ2) is 10.8. The van der Waals surface area contributed by atoms with E-state index < -0.39 is 0 Å². The minimum atomic E-state index is 0. The molecular weight excluding hydrogens is 240 g/mol. The highest BCUT2D eigenvalue weighted by atomic mass is 35.5. The molecule has 0 aromatic rings. The van der Waals surface area contributed by atoms with E-state index in [-0.39, 0.29) is 18.3 Å². The first kappa shape index (κ1) is 16.7. The van der Waals surface area contributed by atoms with Crippen LogP contribution in [0.1, 0.15) is 44.9 Å². The molecule has 5 heteroatoms. The topological polar surface area (TPSA) is 64.4 Å². The van der Waals surface area contributed by atoms with Crippen LogP contribution in [0.5, 0.6) is 0 Å². The zero-order valence-electron chi connectivity index (χ0n) is 10.5. The van der Waals surface area contributed by atoms with Gasteiger partial charge in [0.15, 0.2) is 0 Å². The SMILES string of the molecule is Cl.NCCC(=O)NCCCOC1CCCCC1. The third-order valence-corrected chi connectivity index (χ3v) is 2.92. The van der Waals surface area contributed by atoms with Gasteiger partial charge in [0.05, 0.1) is 6.10 Å². The Morgan fingerprint density at radius 3 is 2.65 bits per heavy atom. The van der Waals surface area contributed by atoms with E-state index in [2.05, 4.69) is 5.32 Å². The van der Waals surface area contributed by atoms with Crippen LogP contribution in [0.3, 0.4) is 0 Å². The van der Waals surface area contributed by atoms with Crippen LogP contribution < -0.4 is 11.1 Å². The number of nitrogens with two attached hydrogens (primary N) is 1. The Balaban J connectivity index is 0.00000256. The van der Waals surface area contributed by atoms with Crippen molar-refractivity contribution in [3.63, 3.8) is 0 Å². The number of halogens is 1. The third kappa shape index (κ3) is 8.41. The van der Waals surface area contributed by atoms with Crippen molar-refractivity contribution in [2.75, 3.05) is 19.7 Å². The average molecular weight is 265 g/mol. The lowest BCUT2D eigenvalue weighted by Gasteiger charge is -2.21. The fraction of sp³-hybridized carbons (Fsp3) is 0.917. The van der Waals surface area contributed by atoms with Gasteiger partial charge < -0.3 is 15.8 Å². The Morgan fingerprint density at radius 1 is 1.29 bits per heavy atom. The lowest BCUT2D eigenvalue weighted by molar-refractivity contribution is -0.120. The van der Waals surface area contributed by atoms with Crippen molar-refractivity contribution in [3.8, 4) is 0 Å². The lowest BCUT2D eigenvalue weighted by Crippen LogP contribution is -2.27. The monoisotopic (exact) mass is 264 g/mol. The molecule has 0 unspecified atom stereocenters. The molecule has 0 aliphatic heterocycles. The van der Waals surface area contributed by atoms with Crippen molar-refractivity contribution in [3.05, 3.63) is 0 Å². The van der Waals surface area contributed by atoms with Crippen molar-refractivity contribution < 1.29 is 9.53 Å². The van der Waals surface area contributed by atoms with Crippen LogP contribution >= 0.6 is 12.4 Å². The molecule has 1 fully saturated rings. The van der Waals surface area contributed by atoms with E-state index >= 15 is 0 Å². The molecule has 0 atom stereocenters. The summed E-state index contributed by atoms with van der Waals surface area (Å²) < 4.78 is 5.75. The summed E-state index contributed by atoms with van der Waals surface area (Å²) >= 11 is 0. The summed E-state index contributed by atoms with van der Waals surface area (Å²) in [5.74, 6) is 0.0418. The number of hydrogen-bond donors (Lipinski definition) is 2. The van der Waals surface area contributed by atoms with Gasteiger partial charge >= 0.3 is 0 Å². The molecule has 0 saturated heterocycles. The molecule has 0 radical (unpaired) electrons. The molecule has 0 heterocycles. The Hall–Kier alpha value is -0.320. The molecule has 1 rings (SSSR count). The second-order valence-corrected chi connectivity index (χ2v) is 4.37. The molecule has 1 amide bonds. The molecule has 0 aromatic carbocycles. The molecule has 0 spiro atoms. The molecule has 1 saturated carbocycles. The van der Waals surface area contributed by atoms with Gasteiger partial charge in [-0.2, -0.15) is 0 Å². The molecule has 0 aromatic heterocycles. The summed E-state index contributed by atoms with van der Waals surface area (Å²) in [5.41, 5.74) is 5.27. The molecule has 1 aliphatic carbocycles. The highest BCUT2D eigenvalue weighted by Crippen LogP contribution is 2.20. The fourth-order valence-electron chi connectivity index (χ4n) is 2.00. The zero-order chi connectivity index (χ0) is 11.6. The van der Waals surface area contributed by atoms with Crippen LogP contribution in [-0.4, -0.2) is 31.7 Å². The van der Waals surface area contributed by atoms with Gasteiger partial charge in [-0.3, -0.25) is 4.79 Å². The number of carbonyl (C=O) groups is 1. The largest absolute Gasteiger partial charge is 0.378 e. The molecule has 1 aliphatic rings. The number of ether oxygens (including phenoxy) is 1. The van der Waals surface area contributed by atoms with Crippen LogP contribution in [0.2, 0.25) is 0 Å². The number of carbonyl (C=O) groups excluding carboxylic acids is 1. The number of amides is 1. The second-order valence-electron chi connectivity index (χ2n) is 4.37. The van der Waals surface area contributed by atoms with Crippen LogP contribution in [0.25, 0.3) is 0 Å². The molecule has 3 N–H and O–H groups in total. The van der Waals surface area contributed by atoms with Gasteiger partial charge in [0.2, 0.25) is 5.91 Å². The van der Waals surface area contributed by atoms with Gasteiger partial charge in [-0.1, -0.05) is 19.3 Å². The van der Waals surface area contributed by atoms with Gasteiger partial charge in [0, 0.05) is 26.1 Å². The van der Waals surface area contributed by atoms with Gasteiger partial charge in [-0.25, -0.2) is 0 Å². The summed E-state index contributed by atoms with van der Waals surface area (Å²) in [6.45, 7) is 1.88. The molecule has 0 bridgehead atoms. The van der Waals surface area contributed by atoms with Crippen molar-refractivity contribution in [2.24, 2.45) is 5.73 Å². The van der Waals surface area contributed by atoms with Crippen LogP contribution in [0.15, 0.2) is 0 Å². The first-order valence-electron chi connectivity index (χ1n) is 6.41. The Bertz CT molecular complexity index is 197. The molecular formula is C12H25ClN2O2. The number of hydrogen-bond acceptors (Lipinski definition) is 3. The first-order chi connectivity index (χ1) is 7.83. The summed E-state index contributed by atoms with van der Waals surface area (Å²) in [5, 5.41) is 2.82. The van der Waals surface area contributed by atoms with Crippen molar-refractivity contribution in [2.45, 2.75) is 51.0 Å². The maximum absolute atomic E-state index is 11.1. The fourth-order valence-corrected chi connectivity index (χ4v) is 2.00.